The lowest BCUT2D eigenvalue weighted by Gasteiger charge is -2.22. The molecule has 0 unspecified atom stereocenters. The minimum atomic E-state index is -4.77. The van der Waals surface area contributed by atoms with Crippen molar-refractivity contribution in [2.24, 2.45) is 10.7 Å². The molecule has 3 rings (SSSR count). The molecule has 0 radical (unpaired) electrons. The Labute approximate surface area is 239 Å². The molecular weight excluding hydrogens is 620 g/mol. The summed E-state index contributed by atoms with van der Waals surface area (Å²) in [5.74, 6) is -4.39. The lowest BCUT2D eigenvalue weighted by atomic mass is 9.95. The summed E-state index contributed by atoms with van der Waals surface area (Å²) in [5, 5.41) is 6.15. The van der Waals surface area contributed by atoms with Gasteiger partial charge in [0.15, 0.2) is 5.69 Å². The molecule has 0 fully saturated rings. The number of carbonyl (C=O) groups is 2. The summed E-state index contributed by atoms with van der Waals surface area (Å²) in [4.78, 5) is 29.1. The van der Waals surface area contributed by atoms with Crippen molar-refractivity contribution in [2.45, 2.75) is 46.0 Å². The van der Waals surface area contributed by atoms with Gasteiger partial charge < -0.3 is 11.1 Å². The van der Waals surface area contributed by atoms with E-state index in [1.165, 1.54) is 25.3 Å². The zero-order chi connectivity index (χ0) is 30.6. The summed E-state index contributed by atoms with van der Waals surface area (Å²) in [6, 6.07) is 5.27. The predicted octanol–water partition coefficient (Wildman–Crippen LogP) is 5.74. The smallest absolute Gasteiger partial charge is 0.366 e. The number of hydrogen-bond acceptors (Lipinski definition) is 4. The van der Waals surface area contributed by atoms with Gasteiger partial charge in [0.2, 0.25) is 5.91 Å². The number of allylic oxidation sites excluding steroid dienone is 1. The van der Waals surface area contributed by atoms with Gasteiger partial charge in [-0.15, -0.1) is 0 Å². The molecule has 0 aliphatic heterocycles. The maximum atomic E-state index is 14.1. The Morgan fingerprint density at radius 1 is 1.15 bits per heavy atom. The van der Waals surface area contributed by atoms with Gasteiger partial charge >= 0.3 is 6.18 Å². The van der Waals surface area contributed by atoms with Crippen LogP contribution in [0.3, 0.4) is 0 Å². The summed E-state index contributed by atoms with van der Waals surface area (Å²) in [5.41, 5.74) is 4.68. The summed E-state index contributed by atoms with van der Waals surface area (Å²) in [6.45, 7) is 3.85. The average Bonchev–Trinajstić information content (AvgIpc) is 3.15. The Kier molecular flexibility index (Phi) is 9.79. The van der Waals surface area contributed by atoms with Gasteiger partial charge in [-0.05, 0) is 84.1 Å². The molecule has 1 atom stereocenters. The van der Waals surface area contributed by atoms with E-state index in [1.807, 2.05) is 0 Å². The van der Waals surface area contributed by atoms with Gasteiger partial charge in [0.05, 0.1) is 27.5 Å². The Morgan fingerprint density at radius 3 is 2.32 bits per heavy atom. The number of primary amides is 1. The monoisotopic (exact) mass is 643 g/mol. The molecule has 1 aromatic heterocycles. The van der Waals surface area contributed by atoms with Crippen molar-refractivity contribution < 1.29 is 35.9 Å². The third kappa shape index (κ3) is 7.63. The first-order valence-corrected chi connectivity index (χ1v) is 12.7. The molecule has 41 heavy (non-hydrogen) atoms. The van der Waals surface area contributed by atoms with Crippen LogP contribution in [0.25, 0.3) is 5.57 Å². The van der Waals surface area contributed by atoms with Crippen LogP contribution < -0.4 is 11.1 Å². The number of benzene rings is 2. The number of nitrogens with zero attached hydrogens (tertiary/aromatic N) is 3. The van der Waals surface area contributed by atoms with E-state index in [1.54, 1.807) is 13.8 Å². The van der Waals surface area contributed by atoms with Crippen LogP contribution in [-0.2, 0) is 23.9 Å². The maximum absolute atomic E-state index is 14.1. The van der Waals surface area contributed by atoms with Gasteiger partial charge in [0.1, 0.15) is 24.0 Å². The molecule has 0 aliphatic rings. The average molecular weight is 644 g/mol. The molecular formula is C27H24BrF6N5O2. The zero-order valence-corrected chi connectivity index (χ0v) is 23.5. The molecule has 3 aromatic rings. The number of alkyl halides is 3. The number of carbonyl (C=O) groups excluding carboxylic acids is 2. The first kappa shape index (κ1) is 31.6. The molecule has 0 bridgehead atoms. The Morgan fingerprint density at radius 2 is 1.78 bits per heavy atom. The standard InChI is InChI=1S/C27H24BrF6N5O2/c1-4-36-24(13(2)16-5-6-20(31)19(10-16)26(35)41)21(9-15-7-17(29)11-18(30)8-15)37-22(40)12-39-14(3)23(28)25(38-39)27(32,33)34/h4-8,10-11,21H,9,12H2,1-3H3,(H2,35,41)(H,37,40)/b24-13+,36-4?/t21-/m0/s1. The second-order valence-electron chi connectivity index (χ2n) is 8.96. The highest BCUT2D eigenvalue weighted by Gasteiger charge is 2.38. The third-order valence-corrected chi connectivity index (χ3v) is 6.99. The van der Waals surface area contributed by atoms with Gasteiger partial charge in [-0.25, -0.2) is 13.2 Å². The van der Waals surface area contributed by atoms with Crippen molar-refractivity contribution in [3.63, 3.8) is 0 Å². The van der Waals surface area contributed by atoms with Crippen molar-refractivity contribution in [3.8, 4) is 0 Å². The number of nitrogens with two attached hydrogens (primary N) is 1. The van der Waals surface area contributed by atoms with E-state index in [4.69, 9.17) is 5.73 Å². The number of hydrogen-bond donors (Lipinski definition) is 2. The minimum absolute atomic E-state index is 0.0417. The maximum Gasteiger partial charge on any atom is 0.436 e. The molecule has 2 amide bonds. The highest BCUT2D eigenvalue weighted by atomic mass is 79.9. The van der Waals surface area contributed by atoms with Crippen LogP contribution in [0.4, 0.5) is 26.3 Å². The number of aliphatic imine (C=N–C) groups is 1. The van der Waals surface area contributed by atoms with E-state index in [0.717, 1.165) is 22.9 Å². The van der Waals surface area contributed by atoms with E-state index in [0.29, 0.717) is 17.2 Å². The highest BCUT2D eigenvalue weighted by molar-refractivity contribution is 9.10. The van der Waals surface area contributed by atoms with E-state index in [9.17, 15) is 35.9 Å². The van der Waals surface area contributed by atoms with Crippen molar-refractivity contribution in [3.05, 3.63) is 92.1 Å². The summed E-state index contributed by atoms with van der Waals surface area (Å²) in [7, 11) is 0. The van der Waals surface area contributed by atoms with Gasteiger partial charge in [-0.2, -0.15) is 18.3 Å². The summed E-state index contributed by atoms with van der Waals surface area (Å²) < 4.78 is 82.5. The number of amides is 2. The van der Waals surface area contributed by atoms with Crippen LogP contribution in [0.2, 0.25) is 0 Å². The molecule has 0 saturated carbocycles. The van der Waals surface area contributed by atoms with Crippen molar-refractivity contribution >= 4 is 39.5 Å². The van der Waals surface area contributed by atoms with Crippen LogP contribution >= 0.6 is 15.9 Å². The van der Waals surface area contributed by atoms with Crippen LogP contribution in [0.1, 0.15) is 46.7 Å². The molecule has 0 aliphatic carbocycles. The topological polar surface area (TPSA) is 102 Å². The van der Waals surface area contributed by atoms with Crippen LogP contribution in [0, 0.1) is 24.4 Å². The largest absolute Gasteiger partial charge is 0.436 e. The molecule has 2 aromatic carbocycles. The Hall–Kier alpha value is -3.94. The van der Waals surface area contributed by atoms with Crippen LogP contribution in [-0.4, -0.2) is 33.9 Å². The Bertz CT molecular complexity index is 1530. The van der Waals surface area contributed by atoms with Gasteiger partial charge in [0.25, 0.3) is 5.91 Å². The first-order chi connectivity index (χ1) is 19.1. The molecule has 3 N–H and O–H groups in total. The minimum Gasteiger partial charge on any atom is -0.366 e. The quantitative estimate of drug-likeness (QED) is 0.230. The number of rotatable bonds is 9. The van der Waals surface area contributed by atoms with Gasteiger partial charge in [-0.1, -0.05) is 6.07 Å². The predicted molar refractivity (Wildman–Crippen MR) is 143 cm³/mol. The van der Waals surface area contributed by atoms with Crippen LogP contribution in [0.5, 0.6) is 0 Å². The van der Waals surface area contributed by atoms with Crippen molar-refractivity contribution in [2.75, 3.05) is 0 Å². The van der Waals surface area contributed by atoms with E-state index in [2.05, 4.69) is 31.3 Å². The number of halogens is 7. The normalized spacial score (nSPS) is 13.3. The molecule has 7 nitrogen and oxygen atoms in total. The van der Waals surface area contributed by atoms with Crippen LogP contribution in [0.15, 0.2) is 51.6 Å². The van der Waals surface area contributed by atoms with Gasteiger partial charge in [-0.3, -0.25) is 19.3 Å². The van der Waals surface area contributed by atoms with Gasteiger partial charge in [0, 0.05) is 12.3 Å². The third-order valence-electron chi connectivity index (χ3n) is 6.04. The second-order valence-corrected chi connectivity index (χ2v) is 9.75. The lowest BCUT2D eigenvalue weighted by Crippen LogP contribution is -2.40. The number of aromatic nitrogens is 2. The fraction of sp³-hybridized carbons (Fsp3) is 0.259. The molecule has 0 saturated heterocycles. The first-order valence-electron chi connectivity index (χ1n) is 12.0. The SMILES string of the molecule is CC=N/C(=C(\C)c1ccc(F)c(C(N)=O)c1)[C@H](Cc1cc(F)cc(F)c1)NC(=O)Cn1nc(C(F)(F)F)c(Br)c1C. The van der Waals surface area contributed by atoms with Crippen molar-refractivity contribution in [1.29, 1.82) is 0 Å². The molecule has 14 heteroatoms. The second kappa shape index (κ2) is 12.7. The molecule has 1 heterocycles. The van der Waals surface area contributed by atoms with E-state index in [-0.39, 0.29) is 27.8 Å². The summed E-state index contributed by atoms with van der Waals surface area (Å²) >= 11 is 2.85. The Balaban J connectivity index is 2.08. The highest BCUT2D eigenvalue weighted by Crippen LogP contribution is 2.35. The number of nitrogens with one attached hydrogen (secondary N) is 1. The molecule has 218 valence electrons. The fourth-order valence-electron chi connectivity index (χ4n) is 4.10. The molecule has 0 spiro atoms. The van der Waals surface area contributed by atoms with E-state index < -0.39 is 59.3 Å². The zero-order valence-electron chi connectivity index (χ0n) is 21.9. The summed E-state index contributed by atoms with van der Waals surface area (Å²) in [6.07, 6.45) is -3.58. The fourth-order valence-corrected chi connectivity index (χ4v) is 4.61. The van der Waals surface area contributed by atoms with E-state index >= 15 is 0 Å². The lowest BCUT2D eigenvalue weighted by molar-refractivity contribution is -0.142. The van der Waals surface area contributed by atoms with Crippen molar-refractivity contribution in [1.82, 2.24) is 15.1 Å².